The van der Waals surface area contributed by atoms with Gasteiger partial charge in [0.05, 0.1) is 5.02 Å². The van der Waals surface area contributed by atoms with E-state index in [0.29, 0.717) is 17.3 Å². The van der Waals surface area contributed by atoms with E-state index in [4.69, 9.17) is 11.6 Å². The van der Waals surface area contributed by atoms with Gasteiger partial charge in [-0.3, -0.25) is 9.59 Å². The SMILES string of the molecule is CC(C)(C)C(=O)NCCC(=O)Nc1ccc(Cl)c(-c2nnc3n2CCCCC3)c1. The van der Waals surface area contributed by atoms with Crippen molar-refractivity contribution < 1.29 is 9.59 Å². The van der Waals surface area contributed by atoms with Crippen LogP contribution in [0.25, 0.3) is 11.4 Å². The summed E-state index contributed by atoms with van der Waals surface area (Å²) in [5, 5.41) is 14.9. The second-order valence-electron chi connectivity index (χ2n) is 8.40. The van der Waals surface area contributed by atoms with Crippen LogP contribution in [0.2, 0.25) is 5.02 Å². The number of amides is 2. The number of carbonyl (C=O) groups excluding carboxylic acids is 2. The summed E-state index contributed by atoms with van der Waals surface area (Å²) in [7, 11) is 0. The van der Waals surface area contributed by atoms with Crippen molar-refractivity contribution in [1.82, 2.24) is 20.1 Å². The second kappa shape index (κ2) is 8.95. The van der Waals surface area contributed by atoms with Crippen molar-refractivity contribution in [3.63, 3.8) is 0 Å². The van der Waals surface area contributed by atoms with Crippen LogP contribution in [0.5, 0.6) is 0 Å². The van der Waals surface area contributed by atoms with Crippen LogP contribution >= 0.6 is 11.6 Å². The van der Waals surface area contributed by atoms with E-state index in [0.717, 1.165) is 43.0 Å². The molecule has 2 heterocycles. The normalized spacial score (nSPS) is 14.1. The van der Waals surface area contributed by atoms with E-state index < -0.39 is 5.41 Å². The Morgan fingerprint density at radius 3 is 2.72 bits per heavy atom. The Balaban J connectivity index is 1.68. The van der Waals surface area contributed by atoms with Gasteiger partial charge >= 0.3 is 0 Å². The molecule has 0 fully saturated rings. The average molecular weight is 418 g/mol. The monoisotopic (exact) mass is 417 g/mol. The first-order chi connectivity index (χ1) is 13.8. The summed E-state index contributed by atoms with van der Waals surface area (Å²) in [5.74, 6) is 1.47. The largest absolute Gasteiger partial charge is 0.355 e. The molecule has 2 aromatic rings. The lowest BCUT2D eigenvalue weighted by Crippen LogP contribution is -2.36. The van der Waals surface area contributed by atoms with Gasteiger partial charge in [-0.25, -0.2) is 0 Å². The van der Waals surface area contributed by atoms with Crippen molar-refractivity contribution in [2.24, 2.45) is 5.41 Å². The number of aryl methyl sites for hydroxylation is 1. The first kappa shape index (κ1) is 21.3. The lowest BCUT2D eigenvalue weighted by atomic mass is 9.96. The maximum atomic E-state index is 12.3. The zero-order chi connectivity index (χ0) is 21.0. The topological polar surface area (TPSA) is 88.9 Å². The molecule has 0 unspecified atom stereocenters. The van der Waals surface area contributed by atoms with Crippen LogP contribution in [0.3, 0.4) is 0 Å². The highest BCUT2D eigenvalue weighted by Crippen LogP contribution is 2.31. The van der Waals surface area contributed by atoms with E-state index in [-0.39, 0.29) is 18.2 Å². The number of hydrogen-bond acceptors (Lipinski definition) is 4. The maximum Gasteiger partial charge on any atom is 0.226 e. The summed E-state index contributed by atoms with van der Waals surface area (Å²) >= 11 is 6.43. The molecular weight excluding hydrogens is 390 g/mol. The fraction of sp³-hybridized carbons (Fsp3) is 0.524. The molecule has 1 aliphatic heterocycles. The highest BCUT2D eigenvalue weighted by molar-refractivity contribution is 6.33. The number of halogens is 1. The first-order valence-electron chi connectivity index (χ1n) is 10.1. The Labute approximate surface area is 176 Å². The third-order valence-electron chi connectivity index (χ3n) is 4.92. The number of anilines is 1. The van der Waals surface area contributed by atoms with Crippen molar-refractivity contribution in [3.8, 4) is 11.4 Å². The molecule has 2 amide bonds. The predicted molar refractivity (Wildman–Crippen MR) is 114 cm³/mol. The molecule has 1 aromatic heterocycles. The maximum absolute atomic E-state index is 12.3. The van der Waals surface area contributed by atoms with E-state index >= 15 is 0 Å². The minimum Gasteiger partial charge on any atom is -0.355 e. The minimum absolute atomic E-state index is 0.0772. The van der Waals surface area contributed by atoms with Gasteiger partial charge in [0.25, 0.3) is 0 Å². The molecule has 0 aliphatic carbocycles. The molecule has 3 rings (SSSR count). The quantitative estimate of drug-likeness (QED) is 0.773. The van der Waals surface area contributed by atoms with Crippen LogP contribution in [0.1, 0.15) is 52.3 Å². The number of nitrogens with zero attached hydrogens (tertiary/aromatic N) is 3. The molecule has 1 aliphatic rings. The number of carbonyl (C=O) groups is 2. The van der Waals surface area contributed by atoms with Crippen LogP contribution < -0.4 is 10.6 Å². The van der Waals surface area contributed by atoms with Gasteiger partial charge in [0.2, 0.25) is 11.8 Å². The Hall–Kier alpha value is -2.41. The zero-order valence-electron chi connectivity index (χ0n) is 17.2. The van der Waals surface area contributed by atoms with Gasteiger partial charge in [0, 0.05) is 42.6 Å². The first-order valence-corrected chi connectivity index (χ1v) is 10.4. The molecule has 8 heteroatoms. The highest BCUT2D eigenvalue weighted by Gasteiger charge is 2.21. The van der Waals surface area contributed by atoms with Crippen molar-refractivity contribution in [3.05, 3.63) is 29.0 Å². The summed E-state index contributed by atoms with van der Waals surface area (Å²) in [6, 6.07) is 5.35. The number of hydrogen-bond donors (Lipinski definition) is 2. The number of fused-ring (bicyclic) bond motifs is 1. The number of benzene rings is 1. The molecule has 29 heavy (non-hydrogen) atoms. The lowest BCUT2D eigenvalue weighted by molar-refractivity contribution is -0.128. The highest BCUT2D eigenvalue weighted by atomic mass is 35.5. The Kier molecular flexibility index (Phi) is 6.57. The summed E-state index contributed by atoms with van der Waals surface area (Å²) in [6.07, 6.45) is 4.50. The molecule has 0 spiro atoms. The average Bonchev–Trinajstić information content (AvgIpc) is 2.90. The van der Waals surface area contributed by atoms with E-state index in [2.05, 4.69) is 25.4 Å². The van der Waals surface area contributed by atoms with E-state index in [1.807, 2.05) is 26.8 Å². The van der Waals surface area contributed by atoms with Crippen LogP contribution in [0.15, 0.2) is 18.2 Å². The summed E-state index contributed by atoms with van der Waals surface area (Å²) < 4.78 is 2.13. The number of nitrogens with one attached hydrogen (secondary N) is 2. The van der Waals surface area contributed by atoms with Crippen LogP contribution in [-0.4, -0.2) is 33.1 Å². The third-order valence-corrected chi connectivity index (χ3v) is 5.25. The second-order valence-corrected chi connectivity index (χ2v) is 8.81. The van der Waals surface area contributed by atoms with Crippen molar-refractivity contribution in [2.45, 2.75) is 59.4 Å². The minimum atomic E-state index is -0.474. The summed E-state index contributed by atoms with van der Waals surface area (Å²) in [6.45, 7) is 6.67. The molecule has 0 radical (unpaired) electrons. The van der Waals surface area contributed by atoms with Gasteiger partial charge in [-0.2, -0.15) is 0 Å². The van der Waals surface area contributed by atoms with Gasteiger partial charge in [0.15, 0.2) is 5.82 Å². The molecule has 1 aromatic carbocycles. The molecular formula is C21H28ClN5O2. The zero-order valence-corrected chi connectivity index (χ0v) is 18.0. The Bertz CT molecular complexity index is 901. The smallest absolute Gasteiger partial charge is 0.226 e. The van der Waals surface area contributed by atoms with Crippen LogP contribution in [-0.2, 0) is 22.6 Å². The molecule has 0 atom stereocenters. The van der Waals surface area contributed by atoms with Crippen molar-refractivity contribution in [2.75, 3.05) is 11.9 Å². The molecule has 2 N–H and O–H groups in total. The van der Waals surface area contributed by atoms with E-state index in [9.17, 15) is 9.59 Å². The van der Waals surface area contributed by atoms with E-state index in [1.54, 1.807) is 12.1 Å². The molecule has 0 bridgehead atoms. The Morgan fingerprint density at radius 2 is 1.97 bits per heavy atom. The molecule has 0 saturated heterocycles. The predicted octanol–water partition coefficient (Wildman–Crippen LogP) is 3.82. The molecule has 0 saturated carbocycles. The van der Waals surface area contributed by atoms with Crippen molar-refractivity contribution >= 4 is 29.1 Å². The van der Waals surface area contributed by atoms with Gasteiger partial charge in [0.1, 0.15) is 5.82 Å². The standard InChI is InChI=1S/C21H28ClN5O2/c1-21(2,3)20(29)23-11-10-18(28)24-14-8-9-16(22)15(13-14)19-26-25-17-7-5-4-6-12-27(17)19/h8-9,13H,4-7,10-12H2,1-3H3,(H,23,29)(H,24,28). The summed E-state index contributed by atoms with van der Waals surface area (Å²) in [4.78, 5) is 24.2. The van der Waals surface area contributed by atoms with Crippen molar-refractivity contribution in [1.29, 1.82) is 0 Å². The van der Waals surface area contributed by atoms with Crippen LogP contribution in [0.4, 0.5) is 5.69 Å². The van der Waals surface area contributed by atoms with Gasteiger partial charge < -0.3 is 15.2 Å². The fourth-order valence-electron chi connectivity index (χ4n) is 3.24. The number of rotatable bonds is 5. The lowest BCUT2D eigenvalue weighted by Gasteiger charge is -2.17. The number of aromatic nitrogens is 3. The fourth-order valence-corrected chi connectivity index (χ4v) is 3.44. The van der Waals surface area contributed by atoms with Crippen LogP contribution in [0, 0.1) is 5.41 Å². The summed E-state index contributed by atoms with van der Waals surface area (Å²) in [5.41, 5.74) is 0.923. The molecule has 7 nitrogen and oxygen atoms in total. The molecule has 156 valence electrons. The third kappa shape index (κ3) is 5.35. The van der Waals surface area contributed by atoms with Gasteiger partial charge in [-0.1, -0.05) is 38.8 Å². The van der Waals surface area contributed by atoms with Gasteiger partial charge in [-0.15, -0.1) is 10.2 Å². The van der Waals surface area contributed by atoms with Gasteiger partial charge in [-0.05, 0) is 31.0 Å². The Morgan fingerprint density at radius 1 is 1.17 bits per heavy atom. The van der Waals surface area contributed by atoms with E-state index in [1.165, 1.54) is 6.42 Å².